The van der Waals surface area contributed by atoms with Crippen LogP contribution < -0.4 is 16.0 Å². The predicted molar refractivity (Wildman–Crippen MR) is 128 cm³/mol. The van der Waals surface area contributed by atoms with Crippen LogP contribution in [0.25, 0.3) is 0 Å². The molecule has 0 spiro atoms. The Morgan fingerprint density at radius 1 is 0.935 bits per heavy atom. The van der Waals surface area contributed by atoms with E-state index in [1.807, 2.05) is 24.3 Å². The summed E-state index contributed by atoms with van der Waals surface area (Å²) in [6.07, 6.45) is 9.94. The van der Waals surface area contributed by atoms with Crippen molar-refractivity contribution in [2.24, 2.45) is 0 Å². The Bertz CT molecular complexity index is 838. The fraction of sp³-hybridized carbons (Fsp3) is 0.609. The normalized spacial score (nSPS) is 20.4. The zero-order chi connectivity index (χ0) is 21.5. The van der Waals surface area contributed by atoms with Gasteiger partial charge in [0.2, 0.25) is 17.8 Å². The van der Waals surface area contributed by atoms with Gasteiger partial charge in [0.05, 0.1) is 10.7 Å². The van der Waals surface area contributed by atoms with E-state index in [1.54, 1.807) is 0 Å². The fourth-order valence-electron chi connectivity index (χ4n) is 4.62. The number of nitrogens with zero attached hydrogens (tertiary/aromatic N) is 4. The summed E-state index contributed by atoms with van der Waals surface area (Å²) in [7, 11) is 0. The highest BCUT2D eigenvalue weighted by atomic mass is 35.5. The van der Waals surface area contributed by atoms with Gasteiger partial charge in [0.25, 0.3) is 0 Å². The van der Waals surface area contributed by atoms with E-state index in [0.29, 0.717) is 35.0 Å². The van der Waals surface area contributed by atoms with Crippen molar-refractivity contribution in [3.8, 4) is 0 Å². The summed E-state index contributed by atoms with van der Waals surface area (Å²) in [6, 6.07) is 8.58. The Morgan fingerprint density at radius 3 is 2.45 bits per heavy atom. The van der Waals surface area contributed by atoms with E-state index >= 15 is 0 Å². The highest BCUT2D eigenvalue weighted by molar-refractivity contribution is 6.33. The van der Waals surface area contributed by atoms with Gasteiger partial charge < -0.3 is 16.0 Å². The molecule has 1 aromatic carbocycles. The smallest absolute Gasteiger partial charge is 0.233 e. The highest BCUT2D eigenvalue weighted by Gasteiger charge is 2.23. The number of hydrogen-bond donors (Lipinski definition) is 3. The van der Waals surface area contributed by atoms with Gasteiger partial charge in [-0.3, -0.25) is 4.90 Å². The number of likely N-dealkylation sites (N-methyl/N-ethyl adjacent to an activating group) is 1. The molecule has 2 aliphatic rings. The highest BCUT2D eigenvalue weighted by Crippen LogP contribution is 2.25. The molecule has 7 nitrogen and oxygen atoms in total. The van der Waals surface area contributed by atoms with E-state index in [2.05, 4.69) is 37.7 Å². The standard InChI is InChI=1S/C23H34ClN7/c1-2-31-15-9-12-18(31)16-25-21-28-22(26-17-10-5-3-4-6-11-17)30-23(29-21)27-20-14-8-7-13-19(20)24/h7-8,13-14,17-18H,2-6,9-12,15-16H2,1H3,(H3,25,26,27,28,29,30). The molecule has 0 bridgehead atoms. The number of halogens is 1. The first-order chi connectivity index (χ1) is 15.2. The van der Waals surface area contributed by atoms with Gasteiger partial charge >= 0.3 is 0 Å². The van der Waals surface area contributed by atoms with Gasteiger partial charge in [-0.25, -0.2) is 0 Å². The summed E-state index contributed by atoms with van der Waals surface area (Å²) in [5, 5.41) is 10.9. The van der Waals surface area contributed by atoms with Gasteiger partial charge in [-0.15, -0.1) is 0 Å². The number of benzene rings is 1. The number of aromatic nitrogens is 3. The molecule has 168 valence electrons. The summed E-state index contributed by atoms with van der Waals surface area (Å²) in [4.78, 5) is 16.5. The molecule has 1 saturated heterocycles. The largest absolute Gasteiger partial charge is 0.352 e. The van der Waals surface area contributed by atoms with Crippen molar-refractivity contribution >= 4 is 35.1 Å². The zero-order valence-electron chi connectivity index (χ0n) is 18.4. The molecular weight excluding hydrogens is 410 g/mol. The lowest BCUT2D eigenvalue weighted by Gasteiger charge is -2.23. The summed E-state index contributed by atoms with van der Waals surface area (Å²) in [5.74, 6) is 1.72. The molecule has 2 fully saturated rings. The average Bonchev–Trinajstić information content (AvgIpc) is 3.08. The first-order valence-electron chi connectivity index (χ1n) is 11.7. The van der Waals surface area contributed by atoms with Gasteiger partial charge in [-0.2, -0.15) is 15.0 Å². The Morgan fingerprint density at radius 2 is 1.68 bits per heavy atom. The lowest BCUT2D eigenvalue weighted by molar-refractivity contribution is 0.277. The average molecular weight is 444 g/mol. The van der Waals surface area contributed by atoms with Crippen LogP contribution in [0.2, 0.25) is 5.02 Å². The Kier molecular flexibility index (Phi) is 7.81. The molecule has 1 unspecified atom stereocenters. The summed E-state index contributed by atoms with van der Waals surface area (Å²) >= 11 is 6.34. The molecule has 1 aromatic heterocycles. The first kappa shape index (κ1) is 22.1. The first-order valence-corrected chi connectivity index (χ1v) is 12.1. The van der Waals surface area contributed by atoms with E-state index in [9.17, 15) is 0 Å². The molecule has 1 aliphatic carbocycles. The topological polar surface area (TPSA) is 78.0 Å². The van der Waals surface area contributed by atoms with Crippen LogP contribution in [-0.4, -0.2) is 51.6 Å². The van der Waals surface area contributed by atoms with Gasteiger partial charge in [0.15, 0.2) is 0 Å². The second-order valence-corrected chi connectivity index (χ2v) is 8.96. The van der Waals surface area contributed by atoms with Gasteiger partial charge in [0, 0.05) is 18.6 Å². The van der Waals surface area contributed by atoms with Crippen LogP contribution in [0.1, 0.15) is 58.3 Å². The van der Waals surface area contributed by atoms with Crippen LogP contribution >= 0.6 is 11.6 Å². The third-order valence-corrected chi connectivity index (χ3v) is 6.67. The molecule has 8 heteroatoms. The van der Waals surface area contributed by atoms with Crippen LogP contribution in [-0.2, 0) is 0 Å². The van der Waals surface area contributed by atoms with Gasteiger partial charge in [-0.1, -0.05) is 56.3 Å². The van der Waals surface area contributed by atoms with Crippen molar-refractivity contribution in [1.29, 1.82) is 0 Å². The molecule has 1 saturated carbocycles. The van der Waals surface area contributed by atoms with E-state index in [0.717, 1.165) is 31.6 Å². The summed E-state index contributed by atoms with van der Waals surface area (Å²) in [5.41, 5.74) is 0.787. The maximum atomic E-state index is 6.34. The van der Waals surface area contributed by atoms with Crippen molar-refractivity contribution < 1.29 is 0 Å². The number of anilines is 4. The maximum Gasteiger partial charge on any atom is 0.233 e. The number of hydrogen-bond acceptors (Lipinski definition) is 7. The quantitative estimate of drug-likeness (QED) is 0.478. The second-order valence-electron chi connectivity index (χ2n) is 8.55. The Hall–Kier alpha value is -2.12. The number of para-hydroxylation sites is 1. The van der Waals surface area contributed by atoms with E-state index < -0.39 is 0 Å². The molecule has 3 N–H and O–H groups in total. The van der Waals surface area contributed by atoms with Crippen molar-refractivity contribution in [3.63, 3.8) is 0 Å². The number of nitrogens with one attached hydrogen (secondary N) is 3. The monoisotopic (exact) mass is 443 g/mol. The molecule has 2 heterocycles. The Labute approximate surface area is 190 Å². The van der Waals surface area contributed by atoms with Crippen LogP contribution in [0.4, 0.5) is 23.5 Å². The van der Waals surface area contributed by atoms with Crippen molar-refractivity contribution in [2.45, 2.75) is 70.4 Å². The Balaban J connectivity index is 1.51. The van der Waals surface area contributed by atoms with Gasteiger partial charge in [-0.05, 0) is 50.9 Å². The molecule has 2 aromatic rings. The lowest BCUT2D eigenvalue weighted by atomic mass is 10.1. The summed E-state index contributed by atoms with van der Waals surface area (Å²) in [6.45, 7) is 5.32. The van der Waals surface area contributed by atoms with Crippen molar-refractivity contribution in [1.82, 2.24) is 19.9 Å². The second kappa shape index (κ2) is 11.0. The molecule has 1 atom stereocenters. The maximum absolute atomic E-state index is 6.34. The van der Waals surface area contributed by atoms with Crippen LogP contribution in [0.5, 0.6) is 0 Å². The van der Waals surface area contributed by atoms with Crippen molar-refractivity contribution in [3.05, 3.63) is 29.3 Å². The molecular formula is C23H34ClN7. The van der Waals surface area contributed by atoms with E-state index in [4.69, 9.17) is 16.6 Å². The van der Waals surface area contributed by atoms with Crippen LogP contribution in [0.15, 0.2) is 24.3 Å². The van der Waals surface area contributed by atoms with Crippen LogP contribution in [0, 0.1) is 0 Å². The molecule has 31 heavy (non-hydrogen) atoms. The fourth-order valence-corrected chi connectivity index (χ4v) is 4.80. The molecule has 0 radical (unpaired) electrons. The lowest BCUT2D eigenvalue weighted by Crippen LogP contribution is -2.35. The number of likely N-dealkylation sites (tertiary alicyclic amines) is 1. The third kappa shape index (κ3) is 6.20. The zero-order valence-corrected chi connectivity index (χ0v) is 19.2. The van der Waals surface area contributed by atoms with Gasteiger partial charge in [0.1, 0.15) is 0 Å². The van der Waals surface area contributed by atoms with Crippen LogP contribution in [0.3, 0.4) is 0 Å². The molecule has 0 amide bonds. The number of rotatable bonds is 8. The van der Waals surface area contributed by atoms with E-state index in [1.165, 1.54) is 45.1 Å². The minimum Gasteiger partial charge on any atom is -0.352 e. The van der Waals surface area contributed by atoms with Crippen molar-refractivity contribution in [2.75, 3.05) is 35.6 Å². The molecule has 1 aliphatic heterocycles. The predicted octanol–water partition coefficient (Wildman–Crippen LogP) is 5.30. The minimum atomic E-state index is 0.413. The molecule has 4 rings (SSSR count). The van der Waals surface area contributed by atoms with E-state index in [-0.39, 0.29) is 0 Å². The third-order valence-electron chi connectivity index (χ3n) is 6.35. The summed E-state index contributed by atoms with van der Waals surface area (Å²) < 4.78 is 0. The SMILES string of the molecule is CCN1CCCC1CNc1nc(Nc2ccccc2Cl)nc(NC2CCCCCC2)n1. The minimum absolute atomic E-state index is 0.413.